The number of carbonyl (C=O) groups is 2. The molecular formula is C12H22N2O5S. The summed E-state index contributed by atoms with van der Waals surface area (Å²) < 4.78 is 30.0. The second-order valence-corrected chi connectivity index (χ2v) is 6.66. The fourth-order valence-electron chi connectivity index (χ4n) is 2.02. The van der Waals surface area contributed by atoms with Gasteiger partial charge in [-0.15, -0.1) is 0 Å². The Labute approximate surface area is 119 Å². The van der Waals surface area contributed by atoms with Crippen molar-refractivity contribution in [1.82, 2.24) is 9.62 Å². The summed E-state index contributed by atoms with van der Waals surface area (Å²) in [6.07, 6.45) is 2.50. The summed E-state index contributed by atoms with van der Waals surface area (Å²) in [6, 6.07) is 0. The van der Waals surface area contributed by atoms with Crippen molar-refractivity contribution in [3.63, 3.8) is 0 Å². The van der Waals surface area contributed by atoms with E-state index in [2.05, 4.69) is 9.46 Å². The Balaban J connectivity index is 2.18. The highest BCUT2D eigenvalue weighted by Gasteiger charge is 2.18. The first-order chi connectivity index (χ1) is 9.44. The van der Waals surface area contributed by atoms with Gasteiger partial charge in [0, 0.05) is 32.5 Å². The van der Waals surface area contributed by atoms with Gasteiger partial charge in [-0.05, 0) is 19.3 Å². The number of ether oxygens (including phenoxy) is 1. The minimum atomic E-state index is -3.43. The van der Waals surface area contributed by atoms with Gasteiger partial charge in [-0.2, -0.15) is 0 Å². The van der Waals surface area contributed by atoms with Crippen LogP contribution >= 0.6 is 0 Å². The van der Waals surface area contributed by atoms with E-state index in [1.165, 1.54) is 7.11 Å². The number of likely N-dealkylation sites (tertiary alicyclic amines) is 1. The van der Waals surface area contributed by atoms with E-state index in [1.54, 1.807) is 4.90 Å². The summed E-state index contributed by atoms with van der Waals surface area (Å²) in [4.78, 5) is 24.3. The monoisotopic (exact) mass is 306 g/mol. The smallest absolute Gasteiger partial charge is 0.305 e. The van der Waals surface area contributed by atoms with Gasteiger partial charge in [0.25, 0.3) is 0 Å². The van der Waals surface area contributed by atoms with Crippen LogP contribution in [0.3, 0.4) is 0 Å². The maximum absolute atomic E-state index is 11.7. The molecule has 116 valence electrons. The number of nitrogens with one attached hydrogen (secondary N) is 1. The lowest BCUT2D eigenvalue weighted by Crippen LogP contribution is -2.33. The zero-order valence-electron chi connectivity index (χ0n) is 11.8. The van der Waals surface area contributed by atoms with Crippen LogP contribution in [0, 0.1) is 0 Å². The molecule has 1 N–H and O–H groups in total. The Hall–Kier alpha value is -1.15. The molecule has 20 heavy (non-hydrogen) atoms. The number of sulfonamides is 1. The van der Waals surface area contributed by atoms with E-state index >= 15 is 0 Å². The third-order valence-corrected chi connectivity index (χ3v) is 4.61. The van der Waals surface area contributed by atoms with Crippen LogP contribution in [0.5, 0.6) is 0 Å². The van der Waals surface area contributed by atoms with Crippen LogP contribution < -0.4 is 4.72 Å². The molecule has 1 aliphatic rings. The molecule has 1 fully saturated rings. The Morgan fingerprint density at radius 2 is 1.85 bits per heavy atom. The van der Waals surface area contributed by atoms with Crippen molar-refractivity contribution in [2.45, 2.75) is 32.1 Å². The maximum atomic E-state index is 11.7. The lowest BCUT2D eigenvalue weighted by molar-refractivity contribution is -0.140. The second-order valence-electron chi connectivity index (χ2n) is 4.73. The van der Waals surface area contributed by atoms with Crippen LogP contribution in [0.15, 0.2) is 0 Å². The van der Waals surface area contributed by atoms with Crippen molar-refractivity contribution in [3.8, 4) is 0 Å². The highest BCUT2D eigenvalue weighted by atomic mass is 32.2. The lowest BCUT2D eigenvalue weighted by atomic mass is 10.3. The first-order valence-electron chi connectivity index (χ1n) is 6.76. The fraction of sp³-hybridized carbons (Fsp3) is 0.833. The Morgan fingerprint density at radius 3 is 2.45 bits per heavy atom. The van der Waals surface area contributed by atoms with Gasteiger partial charge < -0.3 is 9.64 Å². The van der Waals surface area contributed by atoms with Crippen LogP contribution in [-0.2, 0) is 24.3 Å². The van der Waals surface area contributed by atoms with Gasteiger partial charge in [0.2, 0.25) is 15.9 Å². The lowest BCUT2D eigenvalue weighted by Gasteiger charge is -2.15. The van der Waals surface area contributed by atoms with Gasteiger partial charge in [0.05, 0.1) is 12.9 Å². The molecule has 0 bridgehead atoms. The molecule has 0 aromatic rings. The van der Waals surface area contributed by atoms with Crippen molar-refractivity contribution < 1.29 is 22.7 Å². The molecule has 1 amide bonds. The summed E-state index contributed by atoms with van der Waals surface area (Å²) in [5.74, 6) is -0.579. The normalized spacial score (nSPS) is 15.3. The van der Waals surface area contributed by atoms with Crippen molar-refractivity contribution >= 4 is 21.9 Å². The number of carbonyl (C=O) groups excluding carboxylic acids is 2. The third kappa shape index (κ3) is 6.33. The van der Waals surface area contributed by atoms with Crippen LogP contribution in [0.4, 0.5) is 0 Å². The van der Waals surface area contributed by atoms with E-state index in [4.69, 9.17) is 0 Å². The topological polar surface area (TPSA) is 92.8 Å². The molecule has 1 heterocycles. The summed E-state index contributed by atoms with van der Waals surface area (Å²) in [5.41, 5.74) is 0. The van der Waals surface area contributed by atoms with Crippen molar-refractivity contribution in [1.29, 1.82) is 0 Å². The molecule has 0 aromatic heterocycles. The van der Waals surface area contributed by atoms with E-state index in [0.717, 1.165) is 25.9 Å². The minimum absolute atomic E-state index is 0.0141. The molecule has 7 nitrogen and oxygen atoms in total. The average Bonchev–Trinajstić information content (AvgIpc) is 2.91. The molecular weight excluding hydrogens is 284 g/mol. The molecule has 0 unspecified atom stereocenters. The minimum Gasteiger partial charge on any atom is -0.469 e. The third-order valence-electron chi connectivity index (χ3n) is 3.14. The number of nitrogens with zero attached hydrogens (tertiary/aromatic N) is 1. The summed E-state index contributed by atoms with van der Waals surface area (Å²) >= 11 is 0. The number of hydrogen-bond acceptors (Lipinski definition) is 5. The largest absolute Gasteiger partial charge is 0.469 e. The summed E-state index contributed by atoms with van der Waals surface area (Å²) in [7, 11) is -2.17. The van der Waals surface area contributed by atoms with Crippen LogP contribution in [0.2, 0.25) is 0 Å². The molecule has 0 spiro atoms. The van der Waals surface area contributed by atoms with Gasteiger partial charge in [-0.25, -0.2) is 13.1 Å². The molecule has 0 aliphatic carbocycles. The summed E-state index contributed by atoms with van der Waals surface area (Å²) in [6.45, 7) is 1.64. The number of amides is 1. The molecule has 0 saturated carbocycles. The molecule has 0 aromatic carbocycles. The van der Waals surface area contributed by atoms with Gasteiger partial charge in [-0.3, -0.25) is 9.59 Å². The quantitative estimate of drug-likeness (QED) is 0.631. The first kappa shape index (κ1) is 16.9. The Morgan fingerprint density at radius 1 is 1.20 bits per heavy atom. The Bertz CT molecular complexity index is 429. The molecule has 8 heteroatoms. The number of methoxy groups -OCH3 is 1. The average molecular weight is 306 g/mol. The van der Waals surface area contributed by atoms with E-state index < -0.39 is 16.0 Å². The van der Waals surface area contributed by atoms with Crippen molar-refractivity contribution in [2.24, 2.45) is 0 Å². The van der Waals surface area contributed by atoms with Crippen LogP contribution in [0.1, 0.15) is 32.1 Å². The second kappa shape index (κ2) is 8.21. The number of hydrogen-bond donors (Lipinski definition) is 1. The van der Waals surface area contributed by atoms with Crippen LogP contribution in [-0.4, -0.2) is 57.7 Å². The molecule has 1 rings (SSSR count). The Kier molecular flexibility index (Phi) is 6.94. The highest BCUT2D eigenvalue weighted by molar-refractivity contribution is 7.89. The van der Waals surface area contributed by atoms with Gasteiger partial charge in [-0.1, -0.05) is 0 Å². The molecule has 1 aliphatic heterocycles. The van der Waals surface area contributed by atoms with Gasteiger partial charge >= 0.3 is 5.97 Å². The highest BCUT2D eigenvalue weighted by Crippen LogP contribution is 2.08. The summed E-state index contributed by atoms with van der Waals surface area (Å²) in [5, 5.41) is 0. The van der Waals surface area contributed by atoms with Crippen molar-refractivity contribution in [2.75, 3.05) is 32.5 Å². The predicted molar refractivity (Wildman–Crippen MR) is 73.5 cm³/mol. The van der Waals surface area contributed by atoms with E-state index in [0.29, 0.717) is 0 Å². The van der Waals surface area contributed by atoms with Gasteiger partial charge in [0.15, 0.2) is 0 Å². The predicted octanol–water partition coefficient (Wildman–Crippen LogP) is -0.128. The van der Waals surface area contributed by atoms with E-state index in [9.17, 15) is 18.0 Å². The first-order valence-corrected chi connectivity index (χ1v) is 8.42. The van der Waals surface area contributed by atoms with E-state index in [-0.39, 0.29) is 37.5 Å². The zero-order valence-corrected chi connectivity index (χ0v) is 12.6. The van der Waals surface area contributed by atoms with Crippen molar-refractivity contribution in [3.05, 3.63) is 0 Å². The molecule has 0 atom stereocenters. The molecule has 1 saturated heterocycles. The number of rotatable bonds is 8. The fourth-order valence-corrected chi connectivity index (χ4v) is 3.10. The van der Waals surface area contributed by atoms with E-state index in [1.807, 2.05) is 0 Å². The van der Waals surface area contributed by atoms with Gasteiger partial charge in [0.1, 0.15) is 0 Å². The maximum Gasteiger partial charge on any atom is 0.305 e. The number of esters is 1. The standard InChI is InChI=1S/C12H22N2O5S/c1-19-12(16)5-4-10-20(17,18)13-7-6-11(15)14-8-2-3-9-14/h13H,2-10H2,1H3. The molecule has 0 radical (unpaired) electrons. The van der Waals surface area contributed by atoms with Crippen LogP contribution in [0.25, 0.3) is 0 Å². The zero-order chi connectivity index (χ0) is 15.0. The SMILES string of the molecule is COC(=O)CCCS(=O)(=O)NCCC(=O)N1CCCC1.